The number of amides is 2. The number of rotatable bonds is 12. The van der Waals surface area contributed by atoms with Gasteiger partial charge in [-0.1, -0.05) is 65.5 Å². The summed E-state index contributed by atoms with van der Waals surface area (Å²) in [6.07, 6.45) is 0.701. The van der Waals surface area contributed by atoms with E-state index in [0.717, 1.165) is 9.87 Å². The van der Waals surface area contributed by atoms with Crippen molar-refractivity contribution in [3.63, 3.8) is 0 Å². The molecule has 8 nitrogen and oxygen atoms in total. The molecule has 1 atom stereocenters. The standard InChI is InChI=1S/C29H32Cl3N3O5S/c1-5-14-33-29(37)20(3)34(17-21-8-9-22(30)15-25(21)32)28(36)18-35(26-16-23(31)10-13-27(26)40-4)41(38,39)24-11-6-19(2)7-12-24/h6-13,15-16,20H,5,14,17-18H2,1-4H3,(H,33,37)/t20-/m1/s1. The van der Waals surface area contributed by atoms with Crippen LogP contribution in [0.3, 0.4) is 0 Å². The maximum atomic E-state index is 14.0. The maximum Gasteiger partial charge on any atom is 0.264 e. The fraction of sp³-hybridized carbons (Fsp3) is 0.310. The third kappa shape index (κ3) is 8.07. The van der Waals surface area contributed by atoms with Gasteiger partial charge in [0, 0.05) is 28.2 Å². The SMILES string of the molecule is CCCNC(=O)[C@@H](C)N(Cc1ccc(Cl)cc1Cl)C(=O)CN(c1cc(Cl)ccc1OC)S(=O)(=O)c1ccc(C)cc1. The number of carbonyl (C=O) groups is 2. The number of anilines is 1. The molecule has 0 saturated carbocycles. The van der Waals surface area contributed by atoms with Crippen LogP contribution in [0.15, 0.2) is 65.6 Å². The van der Waals surface area contributed by atoms with Gasteiger partial charge in [0.1, 0.15) is 18.3 Å². The number of benzene rings is 3. The first-order valence-corrected chi connectivity index (χ1v) is 15.4. The minimum Gasteiger partial charge on any atom is -0.495 e. The summed E-state index contributed by atoms with van der Waals surface area (Å²) in [6.45, 7) is 5.02. The quantitative estimate of drug-likeness (QED) is 0.258. The van der Waals surface area contributed by atoms with Gasteiger partial charge in [0.15, 0.2) is 0 Å². The molecule has 3 rings (SSSR count). The zero-order valence-electron chi connectivity index (χ0n) is 23.2. The summed E-state index contributed by atoms with van der Waals surface area (Å²) in [7, 11) is -2.90. The highest BCUT2D eigenvalue weighted by molar-refractivity contribution is 7.92. The number of aryl methyl sites for hydroxylation is 1. The fourth-order valence-corrected chi connectivity index (χ4v) is 6.07. The van der Waals surface area contributed by atoms with Gasteiger partial charge in [-0.3, -0.25) is 13.9 Å². The molecule has 220 valence electrons. The van der Waals surface area contributed by atoms with Gasteiger partial charge in [-0.15, -0.1) is 0 Å². The lowest BCUT2D eigenvalue weighted by atomic mass is 10.1. The Labute approximate surface area is 256 Å². The van der Waals surface area contributed by atoms with Crippen molar-refractivity contribution in [1.82, 2.24) is 10.2 Å². The predicted molar refractivity (Wildman–Crippen MR) is 163 cm³/mol. The van der Waals surface area contributed by atoms with Gasteiger partial charge in [0.25, 0.3) is 10.0 Å². The number of hydrogen-bond donors (Lipinski definition) is 1. The highest BCUT2D eigenvalue weighted by Crippen LogP contribution is 2.35. The van der Waals surface area contributed by atoms with Gasteiger partial charge in [0.05, 0.1) is 17.7 Å². The Morgan fingerprint density at radius 2 is 1.61 bits per heavy atom. The number of nitrogens with one attached hydrogen (secondary N) is 1. The van der Waals surface area contributed by atoms with Gasteiger partial charge in [0.2, 0.25) is 11.8 Å². The van der Waals surface area contributed by atoms with Gasteiger partial charge < -0.3 is 15.0 Å². The Balaban J connectivity index is 2.11. The van der Waals surface area contributed by atoms with Crippen LogP contribution in [0.2, 0.25) is 15.1 Å². The smallest absolute Gasteiger partial charge is 0.264 e. The monoisotopic (exact) mass is 639 g/mol. The highest BCUT2D eigenvalue weighted by atomic mass is 35.5. The van der Waals surface area contributed by atoms with Crippen molar-refractivity contribution in [3.8, 4) is 5.75 Å². The number of nitrogens with zero attached hydrogens (tertiary/aromatic N) is 2. The molecule has 0 unspecified atom stereocenters. The Morgan fingerprint density at radius 3 is 2.22 bits per heavy atom. The molecule has 3 aromatic carbocycles. The van der Waals surface area contributed by atoms with Crippen LogP contribution in [0.4, 0.5) is 5.69 Å². The lowest BCUT2D eigenvalue weighted by Crippen LogP contribution is -2.51. The van der Waals surface area contributed by atoms with Crippen molar-refractivity contribution >= 4 is 62.3 Å². The molecule has 0 radical (unpaired) electrons. The molecule has 0 aromatic heterocycles. The third-order valence-corrected chi connectivity index (χ3v) is 8.97. The Hall–Kier alpha value is -2.98. The van der Waals surface area contributed by atoms with Crippen LogP contribution in [-0.2, 0) is 26.2 Å². The first-order chi connectivity index (χ1) is 19.4. The summed E-state index contributed by atoms with van der Waals surface area (Å²) in [6, 6.07) is 14.6. The number of ether oxygens (including phenoxy) is 1. The minimum atomic E-state index is -4.29. The molecule has 0 saturated heterocycles. The Morgan fingerprint density at radius 1 is 0.976 bits per heavy atom. The molecule has 0 spiro atoms. The minimum absolute atomic E-state index is 0.0287. The van der Waals surface area contributed by atoms with Crippen LogP contribution in [0.25, 0.3) is 0 Å². The molecule has 41 heavy (non-hydrogen) atoms. The van der Waals surface area contributed by atoms with Crippen LogP contribution in [-0.4, -0.2) is 51.4 Å². The molecule has 3 aromatic rings. The second-order valence-electron chi connectivity index (χ2n) is 9.37. The maximum absolute atomic E-state index is 14.0. The van der Waals surface area contributed by atoms with Crippen LogP contribution < -0.4 is 14.4 Å². The van der Waals surface area contributed by atoms with Gasteiger partial charge in [-0.25, -0.2) is 8.42 Å². The van der Waals surface area contributed by atoms with E-state index in [4.69, 9.17) is 39.5 Å². The molecule has 0 fully saturated rings. The normalized spacial score (nSPS) is 12.0. The lowest BCUT2D eigenvalue weighted by molar-refractivity contribution is -0.139. The Bertz CT molecular complexity index is 1500. The summed E-state index contributed by atoms with van der Waals surface area (Å²) in [5.41, 5.74) is 1.47. The van der Waals surface area contributed by atoms with E-state index < -0.39 is 34.4 Å². The molecular weight excluding hydrogens is 609 g/mol. The van der Waals surface area contributed by atoms with Crippen molar-refractivity contribution in [3.05, 3.63) is 86.9 Å². The van der Waals surface area contributed by atoms with Crippen molar-refractivity contribution < 1.29 is 22.7 Å². The van der Waals surface area contributed by atoms with Crippen molar-refractivity contribution in [1.29, 1.82) is 0 Å². The molecule has 0 heterocycles. The molecule has 0 aliphatic rings. The summed E-state index contributed by atoms with van der Waals surface area (Å²) in [4.78, 5) is 28.3. The summed E-state index contributed by atoms with van der Waals surface area (Å²) in [5, 5.41) is 3.75. The predicted octanol–water partition coefficient (Wildman–Crippen LogP) is 6.10. The third-order valence-electron chi connectivity index (χ3n) is 6.37. The van der Waals surface area contributed by atoms with E-state index in [-0.39, 0.29) is 27.9 Å². The summed E-state index contributed by atoms with van der Waals surface area (Å²) in [5.74, 6) is -0.842. The highest BCUT2D eigenvalue weighted by Gasteiger charge is 2.34. The summed E-state index contributed by atoms with van der Waals surface area (Å²) < 4.78 is 34.4. The first-order valence-electron chi connectivity index (χ1n) is 12.8. The van der Waals surface area contributed by atoms with E-state index in [1.54, 1.807) is 37.3 Å². The number of halogens is 3. The molecule has 12 heteroatoms. The topological polar surface area (TPSA) is 96.0 Å². The second kappa shape index (κ2) is 14.3. The van der Waals surface area contributed by atoms with E-state index in [1.807, 2.05) is 13.8 Å². The van der Waals surface area contributed by atoms with Crippen LogP contribution in [0.5, 0.6) is 5.75 Å². The second-order valence-corrected chi connectivity index (χ2v) is 12.5. The van der Waals surface area contributed by atoms with E-state index >= 15 is 0 Å². The average molecular weight is 641 g/mol. The molecule has 0 aliphatic carbocycles. The number of hydrogen-bond acceptors (Lipinski definition) is 5. The molecule has 0 aliphatic heterocycles. The van der Waals surface area contributed by atoms with Crippen LogP contribution in [0, 0.1) is 6.92 Å². The van der Waals surface area contributed by atoms with E-state index in [1.165, 1.54) is 42.3 Å². The van der Waals surface area contributed by atoms with Crippen molar-refractivity contribution in [2.24, 2.45) is 0 Å². The Kier molecular flexibility index (Phi) is 11.3. The first kappa shape index (κ1) is 32.5. The van der Waals surface area contributed by atoms with Crippen LogP contribution in [0.1, 0.15) is 31.4 Å². The zero-order valence-corrected chi connectivity index (χ0v) is 26.2. The van der Waals surface area contributed by atoms with Crippen molar-refractivity contribution in [2.45, 2.75) is 44.7 Å². The van der Waals surface area contributed by atoms with Crippen molar-refractivity contribution in [2.75, 3.05) is 24.5 Å². The number of methoxy groups -OCH3 is 1. The van der Waals surface area contributed by atoms with E-state index in [9.17, 15) is 18.0 Å². The number of sulfonamides is 1. The zero-order chi connectivity index (χ0) is 30.3. The molecule has 2 amide bonds. The largest absolute Gasteiger partial charge is 0.495 e. The lowest BCUT2D eigenvalue weighted by Gasteiger charge is -2.32. The van der Waals surface area contributed by atoms with Crippen LogP contribution >= 0.6 is 34.8 Å². The van der Waals surface area contributed by atoms with Gasteiger partial charge >= 0.3 is 0 Å². The van der Waals surface area contributed by atoms with Gasteiger partial charge in [-0.2, -0.15) is 0 Å². The van der Waals surface area contributed by atoms with Gasteiger partial charge in [-0.05, 0) is 68.3 Å². The molecule has 0 bridgehead atoms. The molecule has 1 N–H and O–H groups in total. The number of carbonyl (C=O) groups excluding carboxylic acids is 2. The summed E-state index contributed by atoms with van der Waals surface area (Å²) >= 11 is 18.7. The molecular formula is C29H32Cl3N3O5S. The van der Waals surface area contributed by atoms with E-state index in [2.05, 4.69) is 5.32 Å². The fourth-order valence-electron chi connectivity index (χ4n) is 4.02. The average Bonchev–Trinajstić information content (AvgIpc) is 2.93. The van der Waals surface area contributed by atoms with E-state index in [0.29, 0.717) is 28.6 Å².